The van der Waals surface area contributed by atoms with E-state index in [4.69, 9.17) is 27.1 Å². The number of benzene rings is 3. The van der Waals surface area contributed by atoms with E-state index >= 15 is 0 Å². The zero-order chi connectivity index (χ0) is 27.6. The van der Waals surface area contributed by atoms with Crippen molar-refractivity contribution in [2.24, 2.45) is 5.73 Å². The zero-order valence-corrected chi connectivity index (χ0v) is 23.5. The molecular weight excluding hydrogens is 534 g/mol. The predicted molar refractivity (Wildman–Crippen MR) is 157 cm³/mol. The highest BCUT2D eigenvalue weighted by Crippen LogP contribution is 2.36. The number of nitrogens with zero attached hydrogens (tertiary/aromatic N) is 2. The van der Waals surface area contributed by atoms with Gasteiger partial charge in [-0.2, -0.15) is 0 Å². The number of hydrogen-bond donors (Lipinski definition) is 3. The summed E-state index contributed by atoms with van der Waals surface area (Å²) >= 11 is 6.12. The van der Waals surface area contributed by atoms with Gasteiger partial charge in [0.05, 0.1) is 23.3 Å². The molecular formula is C29H32ClN5O3S. The van der Waals surface area contributed by atoms with Gasteiger partial charge >= 0.3 is 0 Å². The summed E-state index contributed by atoms with van der Waals surface area (Å²) in [5, 5.41) is 4.56. The molecule has 0 saturated heterocycles. The molecule has 1 saturated carbocycles. The summed E-state index contributed by atoms with van der Waals surface area (Å²) in [6.45, 7) is 2.10. The first-order valence-corrected chi connectivity index (χ1v) is 14.9. The van der Waals surface area contributed by atoms with E-state index in [1.54, 1.807) is 37.4 Å². The fourth-order valence-corrected chi connectivity index (χ4v) is 6.60. The molecule has 0 radical (unpaired) electrons. The molecule has 0 aliphatic heterocycles. The van der Waals surface area contributed by atoms with Crippen LogP contribution in [-0.2, 0) is 16.4 Å². The van der Waals surface area contributed by atoms with Gasteiger partial charge in [-0.05, 0) is 79.6 Å². The summed E-state index contributed by atoms with van der Waals surface area (Å²) in [5.41, 5.74) is 10.2. The molecule has 1 aliphatic rings. The Morgan fingerprint density at radius 3 is 2.56 bits per heavy atom. The van der Waals surface area contributed by atoms with Gasteiger partial charge < -0.3 is 15.8 Å². The average molecular weight is 566 g/mol. The van der Waals surface area contributed by atoms with Crippen LogP contribution in [0.1, 0.15) is 38.2 Å². The van der Waals surface area contributed by atoms with Crippen molar-refractivity contribution in [1.29, 1.82) is 0 Å². The number of aromatic nitrogens is 2. The molecule has 0 spiro atoms. The van der Waals surface area contributed by atoms with Gasteiger partial charge in [-0.1, -0.05) is 30.7 Å². The lowest BCUT2D eigenvalue weighted by Gasteiger charge is -2.26. The zero-order valence-electron chi connectivity index (χ0n) is 21.9. The lowest BCUT2D eigenvalue weighted by Crippen LogP contribution is -2.33. The Kier molecular flexibility index (Phi) is 7.93. The summed E-state index contributed by atoms with van der Waals surface area (Å²) < 4.78 is 34.1. The molecule has 1 aliphatic carbocycles. The maximum absolute atomic E-state index is 12.9. The van der Waals surface area contributed by atoms with Crippen LogP contribution in [0.5, 0.6) is 5.75 Å². The van der Waals surface area contributed by atoms with E-state index in [0.29, 0.717) is 29.5 Å². The molecule has 5 rings (SSSR count). The Labute approximate surface area is 234 Å². The standard InChI is InChI=1S/C29H32ClN5O3S/c1-3-18-14-19(15-20-17-32-29(34-28(18)20)33-22-10-8-21(31)9-11-22)24-13-12-23(16-26(24)38-2)35-39(36,37)27-7-5-4-6-25(27)30/h4-7,12-17,21-22,35H,3,8-11,31H2,1-2H3,(H,32,33,34). The summed E-state index contributed by atoms with van der Waals surface area (Å²) in [5.74, 6) is 1.17. The van der Waals surface area contributed by atoms with Gasteiger partial charge in [0.2, 0.25) is 5.95 Å². The number of rotatable bonds is 8. The van der Waals surface area contributed by atoms with Crippen LogP contribution in [0.2, 0.25) is 5.02 Å². The number of methoxy groups -OCH3 is 1. The van der Waals surface area contributed by atoms with Crippen LogP contribution in [0.25, 0.3) is 22.0 Å². The molecule has 1 aromatic heterocycles. The molecule has 0 unspecified atom stereocenters. The van der Waals surface area contributed by atoms with Crippen molar-refractivity contribution in [2.75, 3.05) is 17.1 Å². The minimum atomic E-state index is -3.87. The third-order valence-electron chi connectivity index (χ3n) is 7.14. The van der Waals surface area contributed by atoms with Crippen LogP contribution in [0.4, 0.5) is 11.6 Å². The van der Waals surface area contributed by atoms with E-state index in [9.17, 15) is 8.42 Å². The second-order valence-corrected chi connectivity index (χ2v) is 11.9. The summed E-state index contributed by atoms with van der Waals surface area (Å²) in [6, 6.07) is 16.3. The summed E-state index contributed by atoms with van der Waals surface area (Å²) in [4.78, 5) is 9.46. The molecule has 4 aromatic rings. The lowest BCUT2D eigenvalue weighted by molar-refractivity contribution is 0.410. The first kappa shape index (κ1) is 27.2. The second kappa shape index (κ2) is 11.4. The van der Waals surface area contributed by atoms with Crippen LogP contribution in [0.15, 0.2) is 65.7 Å². The average Bonchev–Trinajstić information content (AvgIpc) is 2.93. The third kappa shape index (κ3) is 5.95. The maximum Gasteiger partial charge on any atom is 0.263 e. The Bertz CT molecular complexity index is 1600. The van der Waals surface area contributed by atoms with Crippen molar-refractivity contribution >= 4 is 44.2 Å². The first-order chi connectivity index (χ1) is 18.8. The largest absolute Gasteiger partial charge is 0.496 e. The summed E-state index contributed by atoms with van der Waals surface area (Å²) in [7, 11) is -2.31. The van der Waals surface area contributed by atoms with Gasteiger partial charge in [0.1, 0.15) is 10.6 Å². The highest BCUT2D eigenvalue weighted by Gasteiger charge is 2.21. The molecule has 10 heteroatoms. The number of aryl methyl sites for hydroxylation is 1. The minimum Gasteiger partial charge on any atom is -0.496 e. The van der Waals surface area contributed by atoms with Crippen LogP contribution >= 0.6 is 11.6 Å². The van der Waals surface area contributed by atoms with E-state index in [0.717, 1.165) is 59.7 Å². The molecule has 0 amide bonds. The molecule has 204 valence electrons. The van der Waals surface area contributed by atoms with Crippen molar-refractivity contribution in [3.8, 4) is 16.9 Å². The van der Waals surface area contributed by atoms with Gasteiger partial charge in [0.25, 0.3) is 10.0 Å². The SMILES string of the molecule is CCc1cc(-c2ccc(NS(=O)(=O)c3ccccc3Cl)cc2OC)cc2cnc(NC3CCC(N)CC3)nc12. The molecule has 0 atom stereocenters. The van der Waals surface area contributed by atoms with Gasteiger partial charge in [-0.3, -0.25) is 4.72 Å². The van der Waals surface area contributed by atoms with E-state index in [1.165, 1.54) is 6.07 Å². The van der Waals surface area contributed by atoms with Crippen molar-refractivity contribution in [3.63, 3.8) is 0 Å². The van der Waals surface area contributed by atoms with Crippen LogP contribution in [0, 0.1) is 0 Å². The Morgan fingerprint density at radius 2 is 1.85 bits per heavy atom. The number of sulfonamides is 1. The predicted octanol–water partition coefficient (Wildman–Crippen LogP) is 6.00. The fourth-order valence-electron chi connectivity index (χ4n) is 5.03. The Morgan fingerprint density at radius 1 is 1.08 bits per heavy atom. The molecule has 0 bridgehead atoms. The monoisotopic (exact) mass is 565 g/mol. The fraction of sp³-hybridized carbons (Fsp3) is 0.310. The molecule has 39 heavy (non-hydrogen) atoms. The normalized spacial score (nSPS) is 17.6. The highest BCUT2D eigenvalue weighted by atomic mass is 35.5. The van der Waals surface area contributed by atoms with Gasteiger partial charge in [-0.25, -0.2) is 18.4 Å². The van der Waals surface area contributed by atoms with Crippen LogP contribution in [-0.4, -0.2) is 37.6 Å². The van der Waals surface area contributed by atoms with E-state index in [-0.39, 0.29) is 9.92 Å². The Balaban J connectivity index is 1.44. The van der Waals surface area contributed by atoms with Crippen LogP contribution < -0.4 is 20.5 Å². The molecule has 1 fully saturated rings. The van der Waals surface area contributed by atoms with E-state index in [2.05, 4.69) is 28.0 Å². The highest BCUT2D eigenvalue weighted by molar-refractivity contribution is 7.92. The minimum absolute atomic E-state index is 0.0118. The molecule has 1 heterocycles. The number of hydrogen-bond acceptors (Lipinski definition) is 7. The lowest BCUT2D eigenvalue weighted by atomic mass is 9.92. The number of nitrogens with two attached hydrogens (primary N) is 1. The maximum atomic E-state index is 12.9. The van der Waals surface area contributed by atoms with Gasteiger partial charge in [-0.15, -0.1) is 0 Å². The van der Waals surface area contributed by atoms with Crippen molar-refractivity contribution in [1.82, 2.24) is 9.97 Å². The van der Waals surface area contributed by atoms with Crippen molar-refractivity contribution < 1.29 is 13.2 Å². The summed E-state index contributed by atoms with van der Waals surface area (Å²) in [6.07, 6.45) is 6.70. The van der Waals surface area contributed by atoms with Crippen LogP contribution in [0.3, 0.4) is 0 Å². The first-order valence-electron chi connectivity index (χ1n) is 13.0. The quantitative estimate of drug-likeness (QED) is 0.239. The third-order valence-corrected chi connectivity index (χ3v) is 9.02. The molecule has 8 nitrogen and oxygen atoms in total. The van der Waals surface area contributed by atoms with Gasteiger partial charge in [0, 0.05) is 35.3 Å². The topological polar surface area (TPSA) is 119 Å². The van der Waals surface area contributed by atoms with E-state index in [1.807, 2.05) is 18.3 Å². The number of halogens is 1. The smallest absolute Gasteiger partial charge is 0.263 e. The Hall–Kier alpha value is -3.40. The van der Waals surface area contributed by atoms with Crippen molar-refractivity contribution in [3.05, 3.63) is 71.4 Å². The number of fused-ring (bicyclic) bond motifs is 1. The van der Waals surface area contributed by atoms with Gasteiger partial charge in [0.15, 0.2) is 0 Å². The van der Waals surface area contributed by atoms with Crippen molar-refractivity contribution in [2.45, 2.75) is 56.0 Å². The molecule has 3 aromatic carbocycles. The number of anilines is 2. The second-order valence-electron chi connectivity index (χ2n) is 9.83. The number of nitrogens with one attached hydrogen (secondary N) is 2. The molecule has 4 N–H and O–H groups in total. The van der Waals surface area contributed by atoms with E-state index < -0.39 is 10.0 Å². The number of ether oxygens (including phenoxy) is 1.